The van der Waals surface area contributed by atoms with Crippen LogP contribution in [0.2, 0.25) is 0 Å². The van der Waals surface area contributed by atoms with Crippen LogP contribution in [-0.4, -0.2) is 52.8 Å². The van der Waals surface area contributed by atoms with E-state index in [0.29, 0.717) is 13.1 Å². The first kappa shape index (κ1) is 25.5. The summed E-state index contributed by atoms with van der Waals surface area (Å²) in [5.74, 6) is 2.71. The molecule has 0 radical (unpaired) electrons. The van der Waals surface area contributed by atoms with Gasteiger partial charge in [-0.05, 0) is 43.4 Å². The lowest BCUT2D eigenvalue weighted by Gasteiger charge is -2.38. The lowest BCUT2D eigenvalue weighted by atomic mass is 9.69. The number of nitrogens with zero attached hydrogens (tertiary/aromatic N) is 1. The first-order chi connectivity index (χ1) is 14.6. The van der Waals surface area contributed by atoms with Crippen molar-refractivity contribution in [3.63, 3.8) is 0 Å². The molecule has 2 fully saturated rings. The van der Waals surface area contributed by atoms with Crippen LogP contribution in [0, 0.1) is 5.92 Å². The topological polar surface area (TPSA) is 84.0 Å². The van der Waals surface area contributed by atoms with E-state index in [0.717, 1.165) is 49.7 Å². The lowest BCUT2D eigenvalue weighted by molar-refractivity contribution is -0.122. The van der Waals surface area contributed by atoms with Gasteiger partial charge in [0, 0.05) is 38.0 Å². The number of hydrogen-bond acceptors (Lipinski definition) is 4. The Labute approximate surface area is 203 Å². The van der Waals surface area contributed by atoms with Crippen LogP contribution >= 0.6 is 24.0 Å². The Morgan fingerprint density at radius 1 is 1.03 bits per heavy atom. The minimum absolute atomic E-state index is 0. The Bertz CT molecular complexity index is 746. The van der Waals surface area contributed by atoms with E-state index in [1.54, 1.807) is 21.3 Å². The minimum Gasteiger partial charge on any atom is -0.493 e. The number of rotatable bonds is 9. The average molecular weight is 544 g/mol. The predicted molar refractivity (Wildman–Crippen MR) is 135 cm³/mol. The summed E-state index contributed by atoms with van der Waals surface area (Å²) < 4.78 is 11.0. The highest BCUT2D eigenvalue weighted by Crippen LogP contribution is 2.42. The van der Waals surface area contributed by atoms with Crippen LogP contribution in [0.5, 0.6) is 11.5 Å². The number of halogens is 1. The van der Waals surface area contributed by atoms with Crippen LogP contribution in [0.15, 0.2) is 23.2 Å². The third-order valence-electron chi connectivity index (χ3n) is 6.29. The zero-order valence-electron chi connectivity index (χ0n) is 19.0. The molecule has 1 aromatic rings. The molecule has 0 atom stereocenters. The van der Waals surface area contributed by atoms with E-state index in [4.69, 9.17) is 9.47 Å². The number of benzene rings is 1. The predicted octanol–water partition coefficient (Wildman–Crippen LogP) is 3.21. The number of amides is 1. The monoisotopic (exact) mass is 544 g/mol. The largest absolute Gasteiger partial charge is 0.493 e. The molecule has 0 aromatic heterocycles. The molecule has 0 unspecified atom stereocenters. The van der Waals surface area contributed by atoms with E-state index in [2.05, 4.69) is 33.1 Å². The van der Waals surface area contributed by atoms with Crippen molar-refractivity contribution in [1.29, 1.82) is 0 Å². The molecule has 1 amide bonds. The van der Waals surface area contributed by atoms with Crippen LogP contribution in [0.4, 0.5) is 0 Å². The quantitative estimate of drug-likeness (QED) is 0.193. The van der Waals surface area contributed by atoms with Gasteiger partial charge in [-0.15, -0.1) is 24.0 Å². The SMILES string of the molecule is CN=C(NCCNC(=O)C1CC1)NCC1(c2ccc(OC)c(OC)c2)CCCCC1.I. The van der Waals surface area contributed by atoms with Gasteiger partial charge in [-0.25, -0.2) is 0 Å². The molecular weight excluding hydrogens is 507 g/mol. The Balaban J connectivity index is 0.00000341. The Morgan fingerprint density at radius 3 is 2.32 bits per heavy atom. The van der Waals surface area contributed by atoms with Gasteiger partial charge in [0.25, 0.3) is 0 Å². The molecule has 0 heterocycles. The molecule has 3 rings (SSSR count). The van der Waals surface area contributed by atoms with E-state index in [-0.39, 0.29) is 41.2 Å². The first-order valence-electron chi connectivity index (χ1n) is 11.1. The Kier molecular flexibility index (Phi) is 10.2. The highest BCUT2D eigenvalue weighted by atomic mass is 127. The van der Waals surface area contributed by atoms with Crippen LogP contribution in [0.25, 0.3) is 0 Å². The maximum Gasteiger partial charge on any atom is 0.223 e. The molecule has 31 heavy (non-hydrogen) atoms. The molecule has 8 heteroatoms. The van der Waals surface area contributed by atoms with Crippen molar-refractivity contribution in [2.24, 2.45) is 10.9 Å². The van der Waals surface area contributed by atoms with Gasteiger partial charge in [-0.3, -0.25) is 9.79 Å². The third kappa shape index (κ3) is 6.89. The second-order valence-electron chi connectivity index (χ2n) is 8.33. The molecule has 174 valence electrons. The molecule has 0 aliphatic heterocycles. The molecule has 2 aliphatic carbocycles. The van der Waals surface area contributed by atoms with Crippen molar-refractivity contribution in [3.05, 3.63) is 23.8 Å². The average Bonchev–Trinajstić information content (AvgIpc) is 3.64. The van der Waals surface area contributed by atoms with Crippen LogP contribution in [-0.2, 0) is 10.2 Å². The summed E-state index contributed by atoms with van der Waals surface area (Å²) in [4.78, 5) is 16.1. The highest BCUT2D eigenvalue weighted by Gasteiger charge is 2.35. The smallest absolute Gasteiger partial charge is 0.223 e. The summed E-state index contributed by atoms with van der Waals surface area (Å²) in [5.41, 5.74) is 1.31. The van der Waals surface area contributed by atoms with Crippen molar-refractivity contribution in [2.75, 3.05) is 40.9 Å². The first-order valence-corrected chi connectivity index (χ1v) is 11.1. The van der Waals surface area contributed by atoms with Crippen LogP contribution in [0.3, 0.4) is 0 Å². The van der Waals surface area contributed by atoms with Gasteiger partial charge in [0.2, 0.25) is 5.91 Å². The lowest BCUT2D eigenvalue weighted by Crippen LogP contribution is -2.48. The maximum atomic E-state index is 11.7. The molecule has 2 aliphatic rings. The fraction of sp³-hybridized carbons (Fsp3) is 0.652. The van der Waals surface area contributed by atoms with Gasteiger partial charge < -0.3 is 25.4 Å². The van der Waals surface area contributed by atoms with E-state index in [1.165, 1.54) is 24.8 Å². The summed E-state index contributed by atoms with van der Waals surface area (Å²) >= 11 is 0. The van der Waals surface area contributed by atoms with Crippen molar-refractivity contribution in [1.82, 2.24) is 16.0 Å². The zero-order chi connectivity index (χ0) is 21.4. The van der Waals surface area contributed by atoms with Gasteiger partial charge >= 0.3 is 0 Å². The van der Waals surface area contributed by atoms with E-state index in [1.807, 2.05) is 6.07 Å². The Hall–Kier alpha value is -1.71. The van der Waals surface area contributed by atoms with Gasteiger partial charge in [-0.2, -0.15) is 0 Å². The zero-order valence-corrected chi connectivity index (χ0v) is 21.3. The van der Waals surface area contributed by atoms with Gasteiger partial charge in [0.1, 0.15) is 0 Å². The van der Waals surface area contributed by atoms with Gasteiger partial charge in [-0.1, -0.05) is 25.3 Å². The number of aliphatic imine (C=N–C) groups is 1. The minimum atomic E-state index is 0. The highest BCUT2D eigenvalue weighted by molar-refractivity contribution is 14.0. The van der Waals surface area contributed by atoms with Crippen molar-refractivity contribution in [3.8, 4) is 11.5 Å². The third-order valence-corrected chi connectivity index (χ3v) is 6.29. The Morgan fingerprint density at radius 2 is 1.71 bits per heavy atom. The van der Waals surface area contributed by atoms with E-state index < -0.39 is 0 Å². The van der Waals surface area contributed by atoms with Crippen molar-refractivity contribution in [2.45, 2.75) is 50.4 Å². The summed E-state index contributed by atoms with van der Waals surface area (Å²) in [6.07, 6.45) is 8.03. The molecule has 2 saturated carbocycles. The number of hydrogen-bond donors (Lipinski definition) is 3. The van der Waals surface area contributed by atoms with Crippen molar-refractivity contribution >= 4 is 35.8 Å². The number of carbonyl (C=O) groups excluding carboxylic acids is 1. The summed E-state index contributed by atoms with van der Waals surface area (Å²) in [7, 11) is 5.13. The number of guanidine groups is 1. The van der Waals surface area contributed by atoms with E-state index in [9.17, 15) is 4.79 Å². The number of methoxy groups -OCH3 is 2. The van der Waals surface area contributed by atoms with Crippen LogP contribution in [0.1, 0.15) is 50.5 Å². The van der Waals surface area contributed by atoms with Crippen LogP contribution < -0.4 is 25.4 Å². The molecule has 0 spiro atoms. The summed E-state index contributed by atoms with van der Waals surface area (Å²) in [6, 6.07) is 6.29. The van der Waals surface area contributed by atoms with Gasteiger partial charge in [0.05, 0.1) is 14.2 Å². The van der Waals surface area contributed by atoms with Crippen molar-refractivity contribution < 1.29 is 14.3 Å². The summed E-state index contributed by atoms with van der Waals surface area (Å²) in [5, 5.41) is 9.81. The molecule has 1 aromatic carbocycles. The van der Waals surface area contributed by atoms with Gasteiger partial charge in [0.15, 0.2) is 17.5 Å². The molecule has 3 N–H and O–H groups in total. The second kappa shape index (κ2) is 12.4. The number of carbonyl (C=O) groups is 1. The molecule has 0 bridgehead atoms. The fourth-order valence-electron chi connectivity index (χ4n) is 4.29. The number of nitrogens with one attached hydrogen (secondary N) is 3. The second-order valence-corrected chi connectivity index (χ2v) is 8.33. The molecular formula is C23H37IN4O3. The summed E-state index contributed by atoms with van der Waals surface area (Å²) in [6.45, 7) is 2.06. The molecule has 0 saturated heterocycles. The van der Waals surface area contributed by atoms with E-state index >= 15 is 0 Å². The molecule has 7 nitrogen and oxygen atoms in total. The standard InChI is InChI=1S/C23H36N4O3.HI/c1-24-22(26-14-13-25-21(28)17-7-8-17)27-16-23(11-5-4-6-12-23)18-9-10-19(29-2)20(15-18)30-3;/h9-10,15,17H,4-8,11-14,16H2,1-3H3,(H,25,28)(H2,24,26,27);1H. The normalized spacial score (nSPS) is 17.8. The maximum absolute atomic E-state index is 11.7. The number of ether oxygens (including phenoxy) is 2. The fourth-order valence-corrected chi connectivity index (χ4v) is 4.29.